The maximum Gasteiger partial charge on any atom is 0.338 e. The number of benzene rings is 2. The van der Waals surface area contributed by atoms with E-state index >= 15 is 0 Å². The third-order valence-corrected chi connectivity index (χ3v) is 2.17. The highest BCUT2D eigenvalue weighted by Gasteiger charge is 2.05. The number of carbonyl (C=O) groups excluding carboxylic acids is 1. The van der Waals surface area contributed by atoms with Gasteiger partial charge in [0.15, 0.2) is 0 Å². The molecule has 0 amide bonds. The Hall–Kier alpha value is -2.09. The molecule has 0 heterocycles. The molecule has 16 heavy (non-hydrogen) atoms. The van der Waals surface area contributed by atoms with Crippen LogP contribution in [0, 0.1) is 6.07 Å². The molecule has 0 aliphatic carbocycles. The predicted molar refractivity (Wildman–Crippen MR) is 60.8 cm³/mol. The standard InChI is InChI=1S/C14H11O2/c15-14(13-9-5-2-6-10-13)16-11-12-7-3-1-4-8-12/h1,3-10H,11H2. The van der Waals surface area contributed by atoms with Gasteiger partial charge in [-0.1, -0.05) is 42.5 Å². The van der Waals surface area contributed by atoms with E-state index in [4.69, 9.17) is 4.74 Å². The third-order valence-electron chi connectivity index (χ3n) is 2.17. The van der Waals surface area contributed by atoms with Crippen molar-refractivity contribution in [3.8, 4) is 0 Å². The second kappa shape index (κ2) is 5.12. The lowest BCUT2D eigenvalue weighted by molar-refractivity contribution is 0.0472. The van der Waals surface area contributed by atoms with E-state index in [0.29, 0.717) is 12.2 Å². The van der Waals surface area contributed by atoms with Gasteiger partial charge in [-0.25, -0.2) is 4.79 Å². The van der Waals surface area contributed by atoms with Crippen molar-refractivity contribution in [2.24, 2.45) is 0 Å². The molecule has 0 aromatic heterocycles. The molecule has 0 aliphatic heterocycles. The molecule has 2 nitrogen and oxygen atoms in total. The third kappa shape index (κ3) is 2.70. The number of carbonyl (C=O) groups is 1. The van der Waals surface area contributed by atoms with Crippen LogP contribution < -0.4 is 0 Å². The smallest absolute Gasteiger partial charge is 0.338 e. The topological polar surface area (TPSA) is 26.3 Å². The van der Waals surface area contributed by atoms with Gasteiger partial charge in [-0.15, -0.1) is 0 Å². The fraction of sp³-hybridized carbons (Fsp3) is 0.0714. The minimum Gasteiger partial charge on any atom is -0.457 e. The van der Waals surface area contributed by atoms with Crippen LogP contribution in [0.1, 0.15) is 15.9 Å². The average molecular weight is 211 g/mol. The van der Waals surface area contributed by atoms with Gasteiger partial charge in [0.1, 0.15) is 6.61 Å². The molecule has 2 rings (SSSR count). The van der Waals surface area contributed by atoms with Crippen molar-refractivity contribution < 1.29 is 9.53 Å². The first kappa shape index (κ1) is 10.4. The maximum atomic E-state index is 11.6. The fourth-order valence-electron chi connectivity index (χ4n) is 1.33. The van der Waals surface area contributed by atoms with Crippen molar-refractivity contribution in [1.82, 2.24) is 0 Å². The van der Waals surface area contributed by atoms with E-state index < -0.39 is 0 Å². The van der Waals surface area contributed by atoms with Crippen molar-refractivity contribution in [3.63, 3.8) is 0 Å². The van der Waals surface area contributed by atoms with E-state index in [1.54, 1.807) is 24.3 Å². The Morgan fingerprint density at radius 2 is 1.75 bits per heavy atom. The van der Waals surface area contributed by atoms with Gasteiger partial charge in [0, 0.05) is 0 Å². The summed E-state index contributed by atoms with van der Waals surface area (Å²) in [5.74, 6) is -0.308. The molecule has 0 spiro atoms. The van der Waals surface area contributed by atoms with Crippen molar-refractivity contribution >= 4 is 5.97 Å². The monoisotopic (exact) mass is 211 g/mol. The first-order valence-corrected chi connectivity index (χ1v) is 5.03. The zero-order chi connectivity index (χ0) is 11.2. The van der Waals surface area contributed by atoms with E-state index in [1.807, 2.05) is 30.3 Å². The summed E-state index contributed by atoms with van der Waals surface area (Å²) in [6, 6.07) is 19.2. The number of hydrogen-bond donors (Lipinski definition) is 0. The van der Waals surface area contributed by atoms with Gasteiger partial charge in [0.2, 0.25) is 0 Å². The van der Waals surface area contributed by atoms with Gasteiger partial charge in [-0.05, 0) is 23.8 Å². The lowest BCUT2D eigenvalue weighted by atomic mass is 10.2. The lowest BCUT2D eigenvalue weighted by Crippen LogP contribution is -2.04. The fourth-order valence-corrected chi connectivity index (χ4v) is 1.33. The quantitative estimate of drug-likeness (QED) is 0.730. The van der Waals surface area contributed by atoms with E-state index in [2.05, 4.69) is 6.07 Å². The van der Waals surface area contributed by atoms with Crippen LogP contribution in [0.2, 0.25) is 0 Å². The summed E-state index contributed by atoms with van der Waals surface area (Å²) in [6.45, 7) is 0.304. The summed E-state index contributed by atoms with van der Waals surface area (Å²) in [5.41, 5.74) is 1.54. The minimum atomic E-state index is -0.308. The molecule has 2 heteroatoms. The molecule has 0 saturated heterocycles. The second-order valence-electron chi connectivity index (χ2n) is 3.35. The first-order valence-electron chi connectivity index (χ1n) is 5.03. The Morgan fingerprint density at radius 3 is 2.44 bits per heavy atom. The molecule has 79 valence electrons. The number of ether oxygens (including phenoxy) is 1. The molecule has 0 unspecified atom stereocenters. The molecule has 2 aromatic rings. The molecular weight excluding hydrogens is 200 g/mol. The highest BCUT2D eigenvalue weighted by molar-refractivity contribution is 5.89. The molecule has 0 fully saturated rings. The summed E-state index contributed by atoms with van der Waals surface area (Å²) >= 11 is 0. The van der Waals surface area contributed by atoms with Crippen LogP contribution in [0.5, 0.6) is 0 Å². The van der Waals surface area contributed by atoms with Crippen LogP contribution >= 0.6 is 0 Å². The van der Waals surface area contributed by atoms with Crippen molar-refractivity contribution in [1.29, 1.82) is 0 Å². The van der Waals surface area contributed by atoms with Gasteiger partial charge in [0.05, 0.1) is 5.56 Å². The van der Waals surface area contributed by atoms with Crippen LogP contribution in [-0.4, -0.2) is 5.97 Å². The summed E-state index contributed by atoms with van der Waals surface area (Å²) < 4.78 is 5.16. The van der Waals surface area contributed by atoms with Crippen molar-refractivity contribution in [3.05, 3.63) is 71.8 Å². The molecule has 0 bridgehead atoms. The van der Waals surface area contributed by atoms with E-state index in [0.717, 1.165) is 5.56 Å². The minimum absolute atomic E-state index is 0.304. The summed E-state index contributed by atoms with van der Waals surface area (Å²) in [7, 11) is 0. The van der Waals surface area contributed by atoms with Crippen LogP contribution in [0.15, 0.2) is 54.6 Å². The van der Waals surface area contributed by atoms with Gasteiger partial charge >= 0.3 is 5.97 Å². The zero-order valence-electron chi connectivity index (χ0n) is 8.72. The van der Waals surface area contributed by atoms with Crippen molar-refractivity contribution in [2.45, 2.75) is 6.61 Å². The molecule has 0 aliphatic rings. The number of rotatable bonds is 3. The highest BCUT2D eigenvalue weighted by Crippen LogP contribution is 2.05. The van der Waals surface area contributed by atoms with Gasteiger partial charge in [-0.3, -0.25) is 0 Å². The predicted octanol–water partition coefficient (Wildman–Crippen LogP) is 2.84. The van der Waals surface area contributed by atoms with E-state index in [9.17, 15) is 4.79 Å². The Morgan fingerprint density at radius 1 is 1.06 bits per heavy atom. The molecule has 0 N–H and O–H groups in total. The summed E-state index contributed by atoms with van der Waals surface area (Å²) in [5, 5.41) is 0. The van der Waals surface area contributed by atoms with Crippen molar-refractivity contribution in [2.75, 3.05) is 0 Å². The van der Waals surface area contributed by atoms with Gasteiger partial charge in [-0.2, -0.15) is 0 Å². The largest absolute Gasteiger partial charge is 0.457 e. The SMILES string of the molecule is O=C(OCc1ccccc1)c1cc[c]cc1. The molecule has 2 aromatic carbocycles. The Kier molecular flexibility index (Phi) is 3.34. The zero-order valence-corrected chi connectivity index (χ0v) is 8.72. The Labute approximate surface area is 94.5 Å². The van der Waals surface area contributed by atoms with E-state index in [1.165, 1.54) is 0 Å². The number of esters is 1. The van der Waals surface area contributed by atoms with Crippen LogP contribution in [-0.2, 0) is 11.3 Å². The molecule has 0 saturated carbocycles. The Balaban J connectivity index is 1.95. The second-order valence-corrected chi connectivity index (χ2v) is 3.35. The van der Waals surface area contributed by atoms with Gasteiger partial charge in [0.25, 0.3) is 0 Å². The molecule has 0 atom stereocenters. The normalized spacial score (nSPS) is 9.75. The maximum absolute atomic E-state index is 11.6. The van der Waals surface area contributed by atoms with Gasteiger partial charge < -0.3 is 4.74 Å². The van der Waals surface area contributed by atoms with Crippen LogP contribution in [0.3, 0.4) is 0 Å². The number of hydrogen-bond acceptors (Lipinski definition) is 2. The Bertz CT molecular complexity index is 449. The van der Waals surface area contributed by atoms with E-state index in [-0.39, 0.29) is 5.97 Å². The molecule has 1 radical (unpaired) electrons. The lowest BCUT2D eigenvalue weighted by Gasteiger charge is -2.04. The molecular formula is C14H11O2. The summed E-state index contributed by atoms with van der Waals surface area (Å²) in [6.07, 6.45) is 0. The van der Waals surface area contributed by atoms with Crippen LogP contribution in [0.4, 0.5) is 0 Å². The summed E-state index contributed by atoms with van der Waals surface area (Å²) in [4.78, 5) is 11.6. The average Bonchev–Trinajstić information content (AvgIpc) is 2.38. The highest BCUT2D eigenvalue weighted by atomic mass is 16.5. The first-order chi connectivity index (χ1) is 7.86. The van der Waals surface area contributed by atoms with Crippen LogP contribution in [0.25, 0.3) is 0 Å².